The molecule has 1 aromatic carbocycles. The summed E-state index contributed by atoms with van der Waals surface area (Å²) in [6.45, 7) is 1.02. The van der Waals surface area contributed by atoms with Gasteiger partial charge in [0.15, 0.2) is 0 Å². The first-order chi connectivity index (χ1) is 7.79. The molecule has 3 heteroatoms. The SMILES string of the molecule is COc1cccc2c1cc1n2CCC(N)C1. The van der Waals surface area contributed by atoms with E-state index in [0.29, 0.717) is 6.04 Å². The minimum absolute atomic E-state index is 0.308. The molecule has 1 aliphatic heterocycles. The molecule has 16 heavy (non-hydrogen) atoms. The van der Waals surface area contributed by atoms with Gasteiger partial charge in [-0.3, -0.25) is 0 Å². The second-order valence-electron chi connectivity index (χ2n) is 4.43. The molecule has 0 saturated heterocycles. The molecule has 0 bridgehead atoms. The van der Waals surface area contributed by atoms with Crippen LogP contribution in [0.4, 0.5) is 0 Å². The average molecular weight is 216 g/mol. The number of nitrogens with two attached hydrogens (primary N) is 1. The van der Waals surface area contributed by atoms with Crippen LogP contribution < -0.4 is 10.5 Å². The number of fused-ring (bicyclic) bond motifs is 3. The number of aromatic nitrogens is 1. The number of methoxy groups -OCH3 is 1. The first-order valence-corrected chi connectivity index (χ1v) is 5.70. The molecule has 0 spiro atoms. The molecule has 2 N–H and O–H groups in total. The predicted octanol–water partition coefficient (Wildman–Crippen LogP) is 1.92. The van der Waals surface area contributed by atoms with Gasteiger partial charge in [0.1, 0.15) is 5.75 Å². The van der Waals surface area contributed by atoms with Gasteiger partial charge in [-0.2, -0.15) is 0 Å². The molecule has 0 amide bonds. The second kappa shape index (κ2) is 3.52. The molecular weight excluding hydrogens is 200 g/mol. The highest BCUT2D eigenvalue weighted by Crippen LogP contribution is 2.31. The quantitative estimate of drug-likeness (QED) is 0.791. The van der Waals surface area contributed by atoms with Crippen LogP contribution in [0.25, 0.3) is 10.9 Å². The summed E-state index contributed by atoms with van der Waals surface area (Å²) in [4.78, 5) is 0. The monoisotopic (exact) mass is 216 g/mol. The zero-order valence-corrected chi connectivity index (χ0v) is 9.44. The molecule has 2 heterocycles. The molecule has 0 radical (unpaired) electrons. The first kappa shape index (κ1) is 9.73. The second-order valence-corrected chi connectivity index (χ2v) is 4.43. The number of hydrogen-bond donors (Lipinski definition) is 1. The third-order valence-corrected chi connectivity index (χ3v) is 3.41. The molecule has 1 unspecified atom stereocenters. The Labute approximate surface area is 94.8 Å². The minimum Gasteiger partial charge on any atom is -0.496 e. The van der Waals surface area contributed by atoms with Gasteiger partial charge in [0.05, 0.1) is 12.6 Å². The zero-order valence-electron chi connectivity index (χ0n) is 9.44. The van der Waals surface area contributed by atoms with E-state index in [9.17, 15) is 0 Å². The zero-order chi connectivity index (χ0) is 11.1. The predicted molar refractivity (Wildman–Crippen MR) is 64.8 cm³/mol. The maximum absolute atomic E-state index is 6.00. The van der Waals surface area contributed by atoms with Gasteiger partial charge in [0.2, 0.25) is 0 Å². The normalized spacial score (nSPS) is 19.8. The van der Waals surface area contributed by atoms with Gasteiger partial charge >= 0.3 is 0 Å². The summed E-state index contributed by atoms with van der Waals surface area (Å²) < 4.78 is 7.75. The fourth-order valence-corrected chi connectivity index (χ4v) is 2.59. The van der Waals surface area contributed by atoms with Gasteiger partial charge in [-0.25, -0.2) is 0 Å². The lowest BCUT2D eigenvalue weighted by Crippen LogP contribution is -2.30. The van der Waals surface area contributed by atoms with E-state index in [0.717, 1.165) is 25.1 Å². The maximum Gasteiger partial charge on any atom is 0.128 e. The van der Waals surface area contributed by atoms with Crippen LogP contribution in [0, 0.1) is 0 Å². The fraction of sp³-hybridized carbons (Fsp3) is 0.385. The Balaban J connectivity index is 2.24. The van der Waals surface area contributed by atoms with Crippen LogP contribution >= 0.6 is 0 Å². The van der Waals surface area contributed by atoms with E-state index < -0.39 is 0 Å². The minimum atomic E-state index is 0.308. The molecule has 1 aromatic heterocycles. The standard InChI is InChI=1S/C13H16N2O/c1-16-13-4-2-3-12-11(13)8-10-7-9(14)5-6-15(10)12/h2-4,8-9H,5-7,14H2,1H3. The Hall–Kier alpha value is -1.48. The largest absolute Gasteiger partial charge is 0.496 e. The summed E-state index contributed by atoms with van der Waals surface area (Å²) >= 11 is 0. The molecule has 84 valence electrons. The molecule has 0 fully saturated rings. The Morgan fingerprint density at radius 3 is 3.12 bits per heavy atom. The molecule has 2 aromatic rings. The van der Waals surface area contributed by atoms with Gasteiger partial charge in [-0.15, -0.1) is 0 Å². The van der Waals surface area contributed by atoms with Crippen LogP contribution in [0.3, 0.4) is 0 Å². The highest BCUT2D eigenvalue weighted by atomic mass is 16.5. The van der Waals surface area contributed by atoms with Gasteiger partial charge in [-0.1, -0.05) is 6.07 Å². The van der Waals surface area contributed by atoms with Gasteiger partial charge in [0.25, 0.3) is 0 Å². The van der Waals surface area contributed by atoms with Crippen LogP contribution in [-0.2, 0) is 13.0 Å². The molecule has 3 rings (SSSR count). The van der Waals surface area contributed by atoms with E-state index in [2.05, 4.69) is 16.7 Å². The Morgan fingerprint density at radius 2 is 2.31 bits per heavy atom. The highest BCUT2D eigenvalue weighted by molar-refractivity contribution is 5.87. The fourth-order valence-electron chi connectivity index (χ4n) is 2.59. The molecule has 0 saturated carbocycles. The molecule has 1 aliphatic rings. The molecule has 1 atom stereocenters. The average Bonchev–Trinajstić information content (AvgIpc) is 2.65. The van der Waals surface area contributed by atoms with Crippen molar-refractivity contribution in [3.8, 4) is 5.75 Å². The molecule has 3 nitrogen and oxygen atoms in total. The van der Waals surface area contributed by atoms with E-state index in [1.54, 1.807) is 7.11 Å². The van der Waals surface area contributed by atoms with E-state index in [1.165, 1.54) is 16.6 Å². The Kier molecular flexibility index (Phi) is 2.14. The smallest absolute Gasteiger partial charge is 0.128 e. The van der Waals surface area contributed by atoms with Crippen molar-refractivity contribution in [3.63, 3.8) is 0 Å². The van der Waals surface area contributed by atoms with E-state index >= 15 is 0 Å². The van der Waals surface area contributed by atoms with Crippen LogP contribution in [0.15, 0.2) is 24.3 Å². The van der Waals surface area contributed by atoms with Crippen molar-refractivity contribution in [3.05, 3.63) is 30.0 Å². The van der Waals surface area contributed by atoms with Gasteiger partial charge in [0, 0.05) is 30.1 Å². The van der Waals surface area contributed by atoms with Crippen molar-refractivity contribution in [2.45, 2.75) is 25.4 Å². The third kappa shape index (κ3) is 1.32. The van der Waals surface area contributed by atoms with Crippen LogP contribution in [0.5, 0.6) is 5.75 Å². The summed E-state index contributed by atoms with van der Waals surface area (Å²) in [5.74, 6) is 0.952. The van der Waals surface area contributed by atoms with Crippen LogP contribution in [0.1, 0.15) is 12.1 Å². The van der Waals surface area contributed by atoms with E-state index in [-0.39, 0.29) is 0 Å². The number of benzene rings is 1. The van der Waals surface area contributed by atoms with E-state index in [4.69, 9.17) is 10.5 Å². The topological polar surface area (TPSA) is 40.2 Å². The maximum atomic E-state index is 6.00. The number of rotatable bonds is 1. The lowest BCUT2D eigenvalue weighted by atomic mass is 10.1. The van der Waals surface area contributed by atoms with Crippen molar-refractivity contribution >= 4 is 10.9 Å². The highest BCUT2D eigenvalue weighted by Gasteiger charge is 2.18. The summed E-state index contributed by atoms with van der Waals surface area (Å²) in [6, 6.07) is 8.73. The van der Waals surface area contributed by atoms with Crippen molar-refractivity contribution in [1.29, 1.82) is 0 Å². The first-order valence-electron chi connectivity index (χ1n) is 5.70. The summed E-state index contributed by atoms with van der Waals surface area (Å²) in [5, 5.41) is 1.20. The summed E-state index contributed by atoms with van der Waals surface area (Å²) in [7, 11) is 1.72. The van der Waals surface area contributed by atoms with Gasteiger partial charge in [-0.05, 0) is 24.6 Å². The van der Waals surface area contributed by atoms with Crippen molar-refractivity contribution in [1.82, 2.24) is 4.57 Å². The number of ether oxygens (including phenoxy) is 1. The Bertz CT molecular complexity index is 530. The van der Waals surface area contributed by atoms with Crippen LogP contribution in [0.2, 0.25) is 0 Å². The molecular formula is C13H16N2O. The van der Waals surface area contributed by atoms with Gasteiger partial charge < -0.3 is 15.0 Å². The summed E-state index contributed by atoms with van der Waals surface area (Å²) in [6.07, 6.45) is 2.03. The number of nitrogens with zero attached hydrogens (tertiary/aromatic N) is 1. The lowest BCUT2D eigenvalue weighted by molar-refractivity contribution is 0.420. The Morgan fingerprint density at radius 1 is 1.44 bits per heavy atom. The lowest BCUT2D eigenvalue weighted by Gasteiger charge is -2.21. The van der Waals surface area contributed by atoms with Crippen molar-refractivity contribution in [2.24, 2.45) is 5.73 Å². The summed E-state index contributed by atoms with van der Waals surface area (Å²) in [5.41, 5.74) is 8.59. The molecule has 0 aliphatic carbocycles. The van der Waals surface area contributed by atoms with Crippen molar-refractivity contribution in [2.75, 3.05) is 7.11 Å². The number of aryl methyl sites for hydroxylation is 1. The number of hydrogen-bond acceptors (Lipinski definition) is 2. The van der Waals surface area contributed by atoms with Crippen molar-refractivity contribution < 1.29 is 4.74 Å². The third-order valence-electron chi connectivity index (χ3n) is 3.41. The van der Waals surface area contributed by atoms with Crippen LogP contribution in [-0.4, -0.2) is 17.7 Å². The van der Waals surface area contributed by atoms with E-state index in [1.807, 2.05) is 12.1 Å².